The van der Waals surface area contributed by atoms with Gasteiger partial charge in [0.15, 0.2) is 11.5 Å². The van der Waals surface area contributed by atoms with Gasteiger partial charge in [0.25, 0.3) is 5.91 Å². The quantitative estimate of drug-likeness (QED) is 0.336. The van der Waals surface area contributed by atoms with Crippen LogP contribution >= 0.6 is 0 Å². The van der Waals surface area contributed by atoms with Crippen molar-refractivity contribution in [2.75, 3.05) is 13.2 Å². The van der Waals surface area contributed by atoms with Crippen LogP contribution in [0.2, 0.25) is 0 Å². The van der Waals surface area contributed by atoms with Gasteiger partial charge in [-0.05, 0) is 54.6 Å². The number of nitrogens with zero attached hydrogens (tertiary/aromatic N) is 4. The van der Waals surface area contributed by atoms with Crippen LogP contribution in [-0.2, 0) is 0 Å². The van der Waals surface area contributed by atoms with E-state index in [0.29, 0.717) is 34.2 Å². The lowest BCUT2D eigenvalue weighted by atomic mass is 10.2. The van der Waals surface area contributed by atoms with Gasteiger partial charge in [-0.15, -0.1) is 15.3 Å². The van der Waals surface area contributed by atoms with Gasteiger partial charge >= 0.3 is 0 Å². The van der Waals surface area contributed by atoms with Gasteiger partial charge < -0.3 is 14.8 Å². The summed E-state index contributed by atoms with van der Waals surface area (Å²) >= 11 is 0. The monoisotopic (exact) mass is 469 g/mol. The summed E-state index contributed by atoms with van der Waals surface area (Å²) in [7, 11) is 0. The number of benzene rings is 3. The molecule has 1 N–H and O–H groups in total. The first-order chi connectivity index (χ1) is 17.2. The predicted molar refractivity (Wildman–Crippen MR) is 127 cm³/mol. The van der Waals surface area contributed by atoms with Crippen molar-refractivity contribution in [3.05, 3.63) is 102 Å². The first-order valence-electron chi connectivity index (χ1n) is 10.9. The number of fused-ring (bicyclic) bond motifs is 1. The Hall–Kier alpha value is -4.79. The van der Waals surface area contributed by atoms with Crippen LogP contribution in [0.4, 0.5) is 4.39 Å². The third-order valence-electron chi connectivity index (χ3n) is 5.05. The molecule has 0 unspecified atom stereocenters. The van der Waals surface area contributed by atoms with Gasteiger partial charge in [0, 0.05) is 17.2 Å². The Kier molecular flexibility index (Phi) is 6.29. The lowest BCUT2D eigenvalue weighted by molar-refractivity contribution is 0.0946. The zero-order chi connectivity index (χ0) is 24.0. The molecule has 0 aliphatic heterocycles. The van der Waals surface area contributed by atoms with Crippen molar-refractivity contribution in [1.29, 1.82) is 0 Å². The fourth-order valence-electron chi connectivity index (χ4n) is 3.38. The summed E-state index contributed by atoms with van der Waals surface area (Å²) in [4.78, 5) is 12.4. The molecule has 174 valence electrons. The second kappa shape index (κ2) is 10.0. The number of halogens is 1. The Labute approximate surface area is 200 Å². The van der Waals surface area contributed by atoms with E-state index in [-0.39, 0.29) is 24.9 Å². The van der Waals surface area contributed by atoms with Crippen LogP contribution in [0.3, 0.4) is 0 Å². The van der Waals surface area contributed by atoms with E-state index < -0.39 is 0 Å². The summed E-state index contributed by atoms with van der Waals surface area (Å²) in [5.41, 5.74) is 1.56. The zero-order valence-corrected chi connectivity index (χ0v) is 18.5. The highest BCUT2D eigenvalue weighted by molar-refractivity contribution is 5.94. The maximum atomic E-state index is 13.6. The van der Waals surface area contributed by atoms with E-state index in [1.54, 1.807) is 48.5 Å². The van der Waals surface area contributed by atoms with Crippen molar-refractivity contribution in [1.82, 2.24) is 25.1 Å². The topological polar surface area (TPSA) is 90.6 Å². The average Bonchev–Trinajstić information content (AvgIpc) is 3.31. The molecule has 5 rings (SSSR count). The van der Waals surface area contributed by atoms with Crippen LogP contribution in [0, 0.1) is 5.82 Å². The highest BCUT2D eigenvalue weighted by Crippen LogP contribution is 2.21. The molecule has 0 aliphatic rings. The molecular weight excluding hydrogens is 449 g/mol. The molecule has 2 aromatic heterocycles. The highest BCUT2D eigenvalue weighted by Gasteiger charge is 2.11. The van der Waals surface area contributed by atoms with E-state index in [0.717, 1.165) is 5.75 Å². The summed E-state index contributed by atoms with van der Waals surface area (Å²) in [6.45, 7) is 0.483. The van der Waals surface area contributed by atoms with E-state index in [1.807, 2.05) is 30.3 Å². The fourth-order valence-corrected chi connectivity index (χ4v) is 3.38. The SMILES string of the molecule is O=C(NCCOc1ccc2nnc(-c3cccc(F)c3)n2n1)c1ccc(Oc2ccccc2)cc1. The molecular formula is C26H20FN5O3. The van der Waals surface area contributed by atoms with Gasteiger partial charge in [-0.1, -0.05) is 30.3 Å². The van der Waals surface area contributed by atoms with Crippen LogP contribution in [0.1, 0.15) is 10.4 Å². The molecule has 0 radical (unpaired) electrons. The van der Waals surface area contributed by atoms with Crippen molar-refractivity contribution in [3.8, 4) is 28.8 Å². The second-order valence-corrected chi connectivity index (χ2v) is 7.52. The Morgan fingerprint density at radius 1 is 0.886 bits per heavy atom. The first kappa shape index (κ1) is 22.0. The number of amides is 1. The van der Waals surface area contributed by atoms with Gasteiger partial charge in [-0.25, -0.2) is 4.39 Å². The second-order valence-electron chi connectivity index (χ2n) is 7.52. The average molecular weight is 469 g/mol. The van der Waals surface area contributed by atoms with Crippen LogP contribution in [0.15, 0.2) is 91.0 Å². The van der Waals surface area contributed by atoms with E-state index in [4.69, 9.17) is 9.47 Å². The van der Waals surface area contributed by atoms with Gasteiger partial charge in [-0.3, -0.25) is 4.79 Å². The molecule has 0 spiro atoms. The summed E-state index contributed by atoms with van der Waals surface area (Å²) in [5.74, 6) is 1.49. The van der Waals surface area contributed by atoms with Crippen molar-refractivity contribution in [2.45, 2.75) is 0 Å². The lowest BCUT2D eigenvalue weighted by Crippen LogP contribution is -2.28. The Morgan fingerprint density at radius 3 is 2.49 bits per heavy atom. The number of rotatable bonds is 8. The molecule has 9 heteroatoms. The molecule has 2 heterocycles. The number of carbonyl (C=O) groups excluding carboxylic acids is 1. The summed E-state index contributed by atoms with van der Waals surface area (Å²) in [6.07, 6.45) is 0. The van der Waals surface area contributed by atoms with Crippen molar-refractivity contribution < 1.29 is 18.7 Å². The standard InChI is InChI=1S/C26H20FN5O3/c27-20-6-4-5-19(17-20)25-30-29-23-13-14-24(31-32(23)25)34-16-15-28-26(33)18-9-11-22(12-10-18)35-21-7-2-1-3-8-21/h1-14,17H,15-16H2,(H,28,33). The van der Waals surface area contributed by atoms with Crippen molar-refractivity contribution in [2.24, 2.45) is 0 Å². The van der Waals surface area contributed by atoms with E-state index in [1.165, 1.54) is 16.6 Å². The summed E-state index contributed by atoms with van der Waals surface area (Å²) < 4.78 is 26.5. The normalized spacial score (nSPS) is 10.8. The molecule has 0 aliphatic carbocycles. The maximum absolute atomic E-state index is 13.6. The minimum absolute atomic E-state index is 0.205. The van der Waals surface area contributed by atoms with Crippen molar-refractivity contribution >= 4 is 11.6 Å². The highest BCUT2D eigenvalue weighted by atomic mass is 19.1. The third-order valence-corrected chi connectivity index (χ3v) is 5.05. The summed E-state index contributed by atoms with van der Waals surface area (Å²) in [6, 6.07) is 25.7. The molecule has 0 saturated heterocycles. The van der Waals surface area contributed by atoms with Gasteiger partial charge in [0.05, 0.1) is 6.54 Å². The molecule has 35 heavy (non-hydrogen) atoms. The molecule has 3 aromatic carbocycles. The molecule has 0 atom stereocenters. The smallest absolute Gasteiger partial charge is 0.251 e. The third kappa shape index (κ3) is 5.25. The van der Waals surface area contributed by atoms with E-state index in [2.05, 4.69) is 20.6 Å². The van der Waals surface area contributed by atoms with Crippen LogP contribution < -0.4 is 14.8 Å². The first-order valence-corrected chi connectivity index (χ1v) is 10.9. The number of aromatic nitrogens is 4. The number of hydrogen-bond acceptors (Lipinski definition) is 6. The molecule has 1 amide bonds. The van der Waals surface area contributed by atoms with Crippen LogP contribution in [0.5, 0.6) is 17.4 Å². The van der Waals surface area contributed by atoms with Gasteiger partial charge in [0.2, 0.25) is 5.88 Å². The number of hydrogen-bond donors (Lipinski definition) is 1. The number of ether oxygens (including phenoxy) is 2. The van der Waals surface area contributed by atoms with Gasteiger partial charge in [0.1, 0.15) is 23.9 Å². The zero-order valence-electron chi connectivity index (χ0n) is 18.5. The Bertz CT molecular complexity index is 1460. The Balaban J connectivity index is 1.15. The largest absolute Gasteiger partial charge is 0.475 e. The lowest BCUT2D eigenvalue weighted by Gasteiger charge is -2.09. The fraction of sp³-hybridized carbons (Fsp3) is 0.0769. The van der Waals surface area contributed by atoms with E-state index >= 15 is 0 Å². The minimum Gasteiger partial charge on any atom is -0.475 e. The van der Waals surface area contributed by atoms with Crippen LogP contribution in [-0.4, -0.2) is 38.9 Å². The molecule has 0 saturated carbocycles. The molecule has 8 nitrogen and oxygen atoms in total. The van der Waals surface area contributed by atoms with Crippen molar-refractivity contribution in [3.63, 3.8) is 0 Å². The molecule has 0 fully saturated rings. The Morgan fingerprint density at radius 2 is 1.69 bits per heavy atom. The van der Waals surface area contributed by atoms with Crippen LogP contribution in [0.25, 0.3) is 17.0 Å². The predicted octanol–water partition coefficient (Wildman–Crippen LogP) is 4.53. The molecule has 0 bridgehead atoms. The number of nitrogens with one attached hydrogen (secondary N) is 1. The molecule has 5 aromatic rings. The summed E-state index contributed by atoms with van der Waals surface area (Å²) in [5, 5.41) is 15.3. The minimum atomic E-state index is -0.374. The number of carbonyl (C=O) groups is 1. The van der Waals surface area contributed by atoms with Gasteiger partial charge in [-0.2, -0.15) is 4.52 Å². The maximum Gasteiger partial charge on any atom is 0.251 e. The number of para-hydroxylation sites is 1. The van der Waals surface area contributed by atoms with E-state index in [9.17, 15) is 9.18 Å².